The molecule has 0 unspecified atom stereocenters. The van der Waals surface area contributed by atoms with Crippen LogP contribution in [0.1, 0.15) is 10.4 Å². The summed E-state index contributed by atoms with van der Waals surface area (Å²) in [5, 5.41) is 4.75. The van der Waals surface area contributed by atoms with Crippen molar-refractivity contribution in [1.82, 2.24) is 24.6 Å². The lowest BCUT2D eigenvalue weighted by molar-refractivity contribution is 0.0948. The highest BCUT2D eigenvalue weighted by molar-refractivity contribution is 7.71. The normalized spacial score (nSPS) is 14.6. The number of carbonyl (C=O) groups excluding carboxylic acids is 1. The lowest BCUT2D eigenvalue weighted by atomic mass is 10.1. The number of hydrogen-bond donors (Lipinski definition) is 2. The molecule has 1 aliphatic rings. The number of H-pyrrole nitrogens is 1. The molecule has 1 amide bonds. The van der Waals surface area contributed by atoms with E-state index in [1.807, 2.05) is 65.1 Å². The molecular formula is C27H25ClN6OS. The van der Waals surface area contributed by atoms with Crippen molar-refractivity contribution in [3.8, 4) is 0 Å². The molecule has 0 radical (unpaired) electrons. The number of benzene rings is 3. The number of piperazine rings is 1. The van der Waals surface area contributed by atoms with E-state index in [0.29, 0.717) is 16.9 Å². The first kappa shape index (κ1) is 23.0. The maximum Gasteiger partial charge on any atom is 0.251 e. The van der Waals surface area contributed by atoms with Crippen molar-refractivity contribution < 1.29 is 4.79 Å². The second-order valence-electron chi connectivity index (χ2n) is 9.01. The van der Waals surface area contributed by atoms with E-state index in [2.05, 4.69) is 26.2 Å². The molecule has 0 atom stereocenters. The van der Waals surface area contributed by atoms with Crippen LogP contribution in [0.25, 0.3) is 27.6 Å². The molecule has 3 heterocycles. The van der Waals surface area contributed by atoms with E-state index < -0.39 is 0 Å². The van der Waals surface area contributed by atoms with Crippen LogP contribution < -0.4 is 10.2 Å². The Balaban J connectivity index is 1.10. The van der Waals surface area contributed by atoms with Gasteiger partial charge in [0.2, 0.25) is 0 Å². The van der Waals surface area contributed by atoms with Crippen LogP contribution in [0.4, 0.5) is 5.69 Å². The van der Waals surface area contributed by atoms with Gasteiger partial charge in [0.25, 0.3) is 5.91 Å². The molecule has 0 saturated carbocycles. The summed E-state index contributed by atoms with van der Waals surface area (Å²) in [6.45, 7) is 5.18. The molecule has 0 bridgehead atoms. The highest BCUT2D eigenvalue weighted by Crippen LogP contribution is 2.24. The fourth-order valence-electron chi connectivity index (χ4n) is 4.90. The minimum absolute atomic E-state index is 0.0952. The van der Waals surface area contributed by atoms with Gasteiger partial charge in [0.15, 0.2) is 4.77 Å². The average molecular weight is 517 g/mol. The Morgan fingerprint density at radius 1 is 1.03 bits per heavy atom. The minimum Gasteiger partial charge on any atom is -0.369 e. The van der Waals surface area contributed by atoms with E-state index in [0.717, 1.165) is 71.0 Å². The molecule has 1 aliphatic heterocycles. The number of aromatic amines is 1. The molecule has 3 aromatic carbocycles. The lowest BCUT2D eigenvalue weighted by Crippen LogP contribution is -2.48. The van der Waals surface area contributed by atoms with Gasteiger partial charge >= 0.3 is 0 Å². The van der Waals surface area contributed by atoms with Crippen LogP contribution in [0.5, 0.6) is 0 Å². The molecule has 6 rings (SSSR count). The van der Waals surface area contributed by atoms with Crippen LogP contribution in [0, 0.1) is 4.77 Å². The number of carbonyl (C=O) groups is 1. The summed E-state index contributed by atoms with van der Waals surface area (Å²) in [6.07, 6.45) is 0. The molecule has 7 nitrogen and oxygen atoms in total. The Labute approximate surface area is 218 Å². The van der Waals surface area contributed by atoms with Crippen LogP contribution in [-0.4, -0.2) is 64.4 Å². The number of rotatable bonds is 5. The van der Waals surface area contributed by atoms with Gasteiger partial charge in [0, 0.05) is 60.9 Å². The Kier molecular flexibility index (Phi) is 6.08. The fraction of sp³-hybridized carbons (Fsp3) is 0.222. The molecule has 2 N–H and O–H groups in total. The van der Waals surface area contributed by atoms with Crippen LogP contribution >= 0.6 is 23.8 Å². The van der Waals surface area contributed by atoms with E-state index in [9.17, 15) is 4.79 Å². The quantitative estimate of drug-likeness (QED) is 0.325. The van der Waals surface area contributed by atoms with Gasteiger partial charge in [-0.05, 0) is 60.7 Å². The van der Waals surface area contributed by atoms with Crippen molar-refractivity contribution >= 4 is 63.0 Å². The Hall–Kier alpha value is -3.46. The van der Waals surface area contributed by atoms with Gasteiger partial charge in [-0.1, -0.05) is 29.8 Å². The van der Waals surface area contributed by atoms with Gasteiger partial charge < -0.3 is 15.2 Å². The van der Waals surface area contributed by atoms with Crippen molar-refractivity contribution in [2.24, 2.45) is 0 Å². The molecule has 5 aromatic rings. The molecule has 1 fully saturated rings. The second-order valence-corrected chi connectivity index (χ2v) is 9.84. The van der Waals surface area contributed by atoms with Crippen molar-refractivity contribution in [2.45, 2.75) is 0 Å². The first-order valence-corrected chi connectivity index (χ1v) is 12.8. The zero-order valence-electron chi connectivity index (χ0n) is 19.6. The molecular weight excluding hydrogens is 492 g/mol. The molecule has 0 aliphatic carbocycles. The van der Waals surface area contributed by atoms with Gasteiger partial charge in [0.1, 0.15) is 5.65 Å². The topological polar surface area (TPSA) is 68.7 Å². The van der Waals surface area contributed by atoms with E-state index in [-0.39, 0.29) is 5.91 Å². The molecule has 36 heavy (non-hydrogen) atoms. The predicted molar refractivity (Wildman–Crippen MR) is 148 cm³/mol. The number of para-hydroxylation sites is 2. The maximum absolute atomic E-state index is 12.9. The van der Waals surface area contributed by atoms with Crippen LogP contribution in [0.3, 0.4) is 0 Å². The van der Waals surface area contributed by atoms with Gasteiger partial charge in [-0.15, -0.1) is 0 Å². The highest BCUT2D eigenvalue weighted by atomic mass is 35.5. The van der Waals surface area contributed by atoms with E-state index in [1.165, 1.54) is 0 Å². The van der Waals surface area contributed by atoms with Crippen molar-refractivity contribution in [3.63, 3.8) is 0 Å². The number of aromatic nitrogens is 3. The lowest BCUT2D eigenvalue weighted by Gasteiger charge is -2.36. The van der Waals surface area contributed by atoms with Crippen LogP contribution in [-0.2, 0) is 0 Å². The third kappa shape index (κ3) is 4.32. The molecule has 9 heteroatoms. The first-order chi connectivity index (χ1) is 17.6. The summed E-state index contributed by atoms with van der Waals surface area (Å²) in [7, 11) is 0. The van der Waals surface area contributed by atoms with Gasteiger partial charge in [-0.25, -0.2) is 4.98 Å². The van der Waals surface area contributed by atoms with Crippen LogP contribution in [0.2, 0.25) is 5.02 Å². The summed E-state index contributed by atoms with van der Waals surface area (Å²) in [5.74, 6) is -0.0952. The smallest absolute Gasteiger partial charge is 0.251 e. The van der Waals surface area contributed by atoms with E-state index >= 15 is 0 Å². The SMILES string of the molecule is O=C(NCCN1CCN(c2cccc(Cl)c2)CC1)c1ccc2c(c1)[nH]c(=S)n1c3ccccc3nc21. The van der Waals surface area contributed by atoms with Crippen molar-refractivity contribution in [1.29, 1.82) is 0 Å². The van der Waals surface area contributed by atoms with Crippen molar-refractivity contribution in [3.05, 3.63) is 82.1 Å². The monoisotopic (exact) mass is 516 g/mol. The molecule has 0 spiro atoms. The van der Waals surface area contributed by atoms with Gasteiger partial charge in [0.05, 0.1) is 16.6 Å². The standard InChI is InChI=1S/C27H25ClN6OS/c28-19-4-3-5-20(17-19)33-14-12-32(13-15-33)11-10-29-26(35)18-8-9-21-23(16-18)31-27(36)34-24-7-2-1-6-22(24)30-25(21)34/h1-9,16-17H,10-15H2,(H,29,35)(H,31,36). The van der Waals surface area contributed by atoms with Crippen molar-refractivity contribution in [2.75, 3.05) is 44.2 Å². The number of fused-ring (bicyclic) bond motifs is 5. The average Bonchev–Trinajstić information content (AvgIpc) is 3.29. The Morgan fingerprint density at radius 3 is 2.69 bits per heavy atom. The van der Waals surface area contributed by atoms with Gasteiger partial charge in [-0.2, -0.15) is 0 Å². The summed E-state index contributed by atoms with van der Waals surface area (Å²) in [4.78, 5) is 25.6. The predicted octanol–water partition coefficient (Wildman–Crippen LogP) is 4.90. The molecule has 1 saturated heterocycles. The maximum atomic E-state index is 12.9. The highest BCUT2D eigenvalue weighted by Gasteiger charge is 2.18. The zero-order valence-corrected chi connectivity index (χ0v) is 21.1. The fourth-order valence-corrected chi connectivity index (χ4v) is 5.38. The number of imidazole rings is 1. The molecule has 182 valence electrons. The number of amides is 1. The summed E-state index contributed by atoms with van der Waals surface area (Å²) in [6, 6.07) is 21.5. The van der Waals surface area contributed by atoms with E-state index in [4.69, 9.17) is 28.8 Å². The number of nitrogens with one attached hydrogen (secondary N) is 2. The summed E-state index contributed by atoms with van der Waals surface area (Å²) >= 11 is 11.7. The van der Waals surface area contributed by atoms with Crippen LogP contribution in [0.15, 0.2) is 66.7 Å². The second kappa shape index (κ2) is 9.54. The Morgan fingerprint density at radius 2 is 1.86 bits per heavy atom. The Bertz CT molecular complexity index is 1650. The minimum atomic E-state index is -0.0952. The third-order valence-electron chi connectivity index (χ3n) is 6.79. The summed E-state index contributed by atoms with van der Waals surface area (Å²) < 4.78 is 2.50. The largest absolute Gasteiger partial charge is 0.369 e. The zero-order chi connectivity index (χ0) is 24.6. The number of hydrogen-bond acceptors (Lipinski definition) is 5. The summed E-state index contributed by atoms with van der Waals surface area (Å²) in [5.41, 5.74) is 5.20. The van der Waals surface area contributed by atoms with E-state index in [1.54, 1.807) is 0 Å². The number of halogens is 1. The molecule has 2 aromatic heterocycles. The number of anilines is 1. The van der Waals surface area contributed by atoms with Gasteiger partial charge in [-0.3, -0.25) is 14.1 Å². The first-order valence-electron chi connectivity index (χ1n) is 12.0. The number of nitrogens with zero attached hydrogens (tertiary/aromatic N) is 4. The third-order valence-corrected chi connectivity index (χ3v) is 7.31.